The fourth-order valence-corrected chi connectivity index (χ4v) is 2.28. The van der Waals surface area contributed by atoms with Gasteiger partial charge in [-0.1, -0.05) is 45.9 Å². The molecule has 0 spiro atoms. The van der Waals surface area contributed by atoms with Gasteiger partial charge in [-0.15, -0.1) is 0 Å². The lowest BCUT2D eigenvalue weighted by Gasteiger charge is -2.39. The van der Waals surface area contributed by atoms with Crippen LogP contribution in [0, 0.1) is 0 Å². The van der Waals surface area contributed by atoms with Crippen molar-refractivity contribution in [1.82, 2.24) is 4.90 Å². The van der Waals surface area contributed by atoms with Gasteiger partial charge in [0.15, 0.2) is 0 Å². The van der Waals surface area contributed by atoms with E-state index in [0.717, 1.165) is 0 Å². The van der Waals surface area contributed by atoms with Gasteiger partial charge in [0.1, 0.15) is 0 Å². The minimum atomic E-state index is -1.42. The van der Waals surface area contributed by atoms with Crippen LogP contribution in [0.4, 0.5) is 0 Å². The number of carbonyl (C=O) groups excluding carboxylic acids is 1. The maximum atomic E-state index is 11.4. The van der Waals surface area contributed by atoms with E-state index >= 15 is 0 Å². The summed E-state index contributed by atoms with van der Waals surface area (Å²) in [7, 11) is 0. The van der Waals surface area contributed by atoms with E-state index in [1.165, 1.54) is 18.1 Å². The standard InChI is InChI=1S/C10H14Cl3NO/c1-6-4-9(10(11,12)13)14(8(3)15)5-7(6)2/h9H,4-5H2,1-3H3. The molecule has 0 aromatic heterocycles. The Morgan fingerprint density at radius 2 is 1.87 bits per heavy atom. The highest BCUT2D eigenvalue weighted by atomic mass is 35.6. The summed E-state index contributed by atoms with van der Waals surface area (Å²) in [6.45, 7) is 6.06. The molecule has 0 aliphatic carbocycles. The smallest absolute Gasteiger partial charge is 0.220 e. The van der Waals surface area contributed by atoms with Gasteiger partial charge in [0.05, 0.1) is 6.04 Å². The second-order valence-corrected chi connectivity index (χ2v) is 6.34. The van der Waals surface area contributed by atoms with Gasteiger partial charge in [-0.3, -0.25) is 4.79 Å². The Morgan fingerprint density at radius 1 is 1.33 bits per heavy atom. The first-order valence-corrected chi connectivity index (χ1v) is 5.86. The zero-order valence-corrected chi connectivity index (χ0v) is 11.2. The van der Waals surface area contributed by atoms with E-state index in [9.17, 15) is 4.79 Å². The summed E-state index contributed by atoms with van der Waals surface area (Å²) in [6, 6.07) is -0.358. The van der Waals surface area contributed by atoms with Crippen LogP contribution in [0.1, 0.15) is 27.2 Å². The maximum absolute atomic E-state index is 11.4. The first-order chi connectivity index (χ1) is 6.73. The highest BCUT2D eigenvalue weighted by Crippen LogP contribution is 2.39. The molecule has 0 aromatic rings. The van der Waals surface area contributed by atoms with Crippen molar-refractivity contribution < 1.29 is 4.79 Å². The van der Waals surface area contributed by atoms with E-state index in [4.69, 9.17) is 34.8 Å². The molecule has 0 aromatic carbocycles. The Labute approximate surface area is 105 Å². The van der Waals surface area contributed by atoms with Gasteiger partial charge < -0.3 is 4.90 Å². The molecule has 1 atom stereocenters. The van der Waals surface area contributed by atoms with Crippen molar-refractivity contribution in [2.75, 3.05) is 6.54 Å². The summed E-state index contributed by atoms with van der Waals surface area (Å²) in [6.07, 6.45) is 0.627. The van der Waals surface area contributed by atoms with Crippen LogP contribution in [0.2, 0.25) is 0 Å². The monoisotopic (exact) mass is 269 g/mol. The van der Waals surface area contributed by atoms with E-state index in [-0.39, 0.29) is 11.9 Å². The van der Waals surface area contributed by atoms with Crippen LogP contribution in [0.15, 0.2) is 11.1 Å². The maximum Gasteiger partial charge on any atom is 0.220 e. The molecule has 0 bridgehead atoms. The molecule has 1 aliphatic heterocycles. The number of amides is 1. The molecule has 1 aliphatic rings. The lowest BCUT2D eigenvalue weighted by molar-refractivity contribution is -0.130. The van der Waals surface area contributed by atoms with Crippen molar-refractivity contribution in [3.05, 3.63) is 11.1 Å². The van der Waals surface area contributed by atoms with Gasteiger partial charge in [-0.05, 0) is 20.3 Å². The van der Waals surface area contributed by atoms with E-state index in [0.29, 0.717) is 13.0 Å². The van der Waals surface area contributed by atoms with Gasteiger partial charge >= 0.3 is 0 Å². The number of halogens is 3. The molecule has 1 rings (SSSR count). The second kappa shape index (κ2) is 4.52. The Morgan fingerprint density at radius 3 is 2.27 bits per heavy atom. The van der Waals surface area contributed by atoms with Gasteiger partial charge in [0.2, 0.25) is 9.70 Å². The predicted molar refractivity (Wildman–Crippen MR) is 64.5 cm³/mol. The summed E-state index contributed by atoms with van der Waals surface area (Å²) in [5.74, 6) is -0.0572. The third kappa shape index (κ3) is 3.02. The first kappa shape index (κ1) is 13.1. The molecule has 0 N–H and O–H groups in total. The molecule has 86 valence electrons. The molecule has 15 heavy (non-hydrogen) atoms. The van der Waals surface area contributed by atoms with Gasteiger partial charge in [0, 0.05) is 13.5 Å². The third-order valence-electron chi connectivity index (χ3n) is 2.79. The van der Waals surface area contributed by atoms with Crippen molar-refractivity contribution in [2.24, 2.45) is 0 Å². The van der Waals surface area contributed by atoms with Crippen LogP contribution in [0.3, 0.4) is 0 Å². The number of carbonyl (C=O) groups is 1. The number of alkyl halides is 3. The van der Waals surface area contributed by atoms with Gasteiger partial charge in [-0.25, -0.2) is 0 Å². The number of hydrogen-bond acceptors (Lipinski definition) is 1. The van der Waals surface area contributed by atoms with E-state index in [2.05, 4.69) is 0 Å². The largest absolute Gasteiger partial charge is 0.331 e. The second-order valence-electron chi connectivity index (χ2n) is 3.97. The Hall–Kier alpha value is 0.0800. The van der Waals surface area contributed by atoms with Crippen LogP contribution < -0.4 is 0 Å². The molecule has 2 nitrogen and oxygen atoms in total. The molecular formula is C10H14Cl3NO. The molecule has 1 unspecified atom stereocenters. The van der Waals surface area contributed by atoms with Crippen molar-refractivity contribution in [3.63, 3.8) is 0 Å². The summed E-state index contributed by atoms with van der Waals surface area (Å²) < 4.78 is -1.42. The molecular weight excluding hydrogens is 256 g/mol. The van der Waals surface area contributed by atoms with E-state index in [1.807, 2.05) is 13.8 Å². The Bertz CT molecular complexity index is 306. The van der Waals surface area contributed by atoms with Crippen molar-refractivity contribution >= 4 is 40.7 Å². The van der Waals surface area contributed by atoms with Crippen LogP contribution in [0.5, 0.6) is 0 Å². The highest BCUT2D eigenvalue weighted by molar-refractivity contribution is 6.68. The SMILES string of the molecule is CC(=O)N1CC(C)=C(C)CC1C(Cl)(Cl)Cl. The molecule has 0 saturated carbocycles. The summed E-state index contributed by atoms with van der Waals surface area (Å²) in [5.41, 5.74) is 2.37. The third-order valence-corrected chi connectivity index (χ3v) is 3.55. The van der Waals surface area contributed by atoms with E-state index in [1.54, 1.807) is 4.90 Å². The molecule has 5 heteroatoms. The zero-order valence-electron chi connectivity index (χ0n) is 8.98. The average Bonchev–Trinajstić information content (AvgIpc) is 2.06. The fourth-order valence-electron chi connectivity index (χ4n) is 1.70. The first-order valence-electron chi connectivity index (χ1n) is 4.72. The normalized spacial score (nSPS) is 23.3. The molecule has 1 heterocycles. The van der Waals surface area contributed by atoms with Gasteiger partial charge in [-0.2, -0.15) is 0 Å². The molecule has 0 radical (unpaired) electrons. The Balaban J connectivity index is 3.00. The van der Waals surface area contributed by atoms with Crippen molar-refractivity contribution in [3.8, 4) is 0 Å². The lowest BCUT2D eigenvalue weighted by atomic mass is 9.97. The van der Waals surface area contributed by atoms with Crippen LogP contribution in [0.25, 0.3) is 0 Å². The highest BCUT2D eigenvalue weighted by Gasteiger charge is 2.40. The predicted octanol–water partition coefficient (Wildman–Crippen LogP) is 3.31. The quantitative estimate of drug-likeness (QED) is 0.488. The molecule has 1 amide bonds. The lowest BCUT2D eigenvalue weighted by Crippen LogP contribution is -2.49. The zero-order chi connectivity index (χ0) is 11.8. The van der Waals surface area contributed by atoms with E-state index < -0.39 is 3.79 Å². The van der Waals surface area contributed by atoms with Crippen LogP contribution in [-0.2, 0) is 4.79 Å². The number of rotatable bonds is 0. The minimum Gasteiger partial charge on any atom is -0.331 e. The summed E-state index contributed by atoms with van der Waals surface area (Å²) in [4.78, 5) is 13.1. The summed E-state index contributed by atoms with van der Waals surface area (Å²) >= 11 is 17.6. The average molecular weight is 271 g/mol. The summed E-state index contributed by atoms with van der Waals surface area (Å²) in [5, 5.41) is 0. The fraction of sp³-hybridized carbons (Fsp3) is 0.700. The topological polar surface area (TPSA) is 20.3 Å². The van der Waals surface area contributed by atoms with Crippen LogP contribution in [-0.4, -0.2) is 27.2 Å². The Kier molecular flexibility index (Phi) is 3.96. The van der Waals surface area contributed by atoms with Crippen molar-refractivity contribution in [2.45, 2.75) is 37.0 Å². The number of hydrogen-bond donors (Lipinski definition) is 0. The van der Waals surface area contributed by atoms with Gasteiger partial charge in [0.25, 0.3) is 0 Å². The van der Waals surface area contributed by atoms with Crippen molar-refractivity contribution in [1.29, 1.82) is 0 Å². The molecule has 0 fully saturated rings. The molecule has 0 saturated heterocycles. The minimum absolute atomic E-state index is 0.0572. The number of nitrogens with zero attached hydrogens (tertiary/aromatic N) is 1. The van der Waals surface area contributed by atoms with Crippen LogP contribution >= 0.6 is 34.8 Å².